The number of hydrogen-bond acceptors (Lipinski definition) is 6. The lowest BCUT2D eigenvalue weighted by Crippen LogP contribution is -2.14. The molecular weight excluding hydrogens is 344 g/mol. The molecule has 0 aliphatic rings. The van der Waals surface area contributed by atoms with Gasteiger partial charge in [0.25, 0.3) is 0 Å². The summed E-state index contributed by atoms with van der Waals surface area (Å²) < 4.78 is 0.989. The van der Waals surface area contributed by atoms with E-state index in [0.29, 0.717) is 11.4 Å². The number of carbonyl (C=O) groups excluding carboxylic acids is 2. The van der Waals surface area contributed by atoms with Gasteiger partial charge in [0.1, 0.15) is 11.4 Å². The lowest BCUT2D eigenvalue weighted by Gasteiger charge is -2.08. The molecule has 0 saturated carbocycles. The van der Waals surface area contributed by atoms with E-state index < -0.39 is 0 Å². The SMILES string of the molecule is CC(=O)Nc1cccc(NC(=O)CSc2ncnc3ccsc23)c1. The summed E-state index contributed by atoms with van der Waals surface area (Å²) in [4.78, 5) is 31.6. The molecule has 6 nitrogen and oxygen atoms in total. The van der Waals surface area contributed by atoms with E-state index in [4.69, 9.17) is 0 Å². The molecule has 8 heteroatoms. The van der Waals surface area contributed by atoms with Gasteiger partial charge in [0.2, 0.25) is 11.8 Å². The van der Waals surface area contributed by atoms with E-state index in [0.717, 1.165) is 15.2 Å². The quantitative estimate of drug-likeness (QED) is 0.539. The number of amides is 2. The second kappa shape index (κ2) is 7.41. The minimum Gasteiger partial charge on any atom is -0.326 e. The van der Waals surface area contributed by atoms with Gasteiger partial charge in [-0.2, -0.15) is 0 Å². The van der Waals surface area contributed by atoms with Crippen LogP contribution in [0.5, 0.6) is 0 Å². The molecule has 0 fully saturated rings. The summed E-state index contributed by atoms with van der Waals surface area (Å²) in [5.74, 6) is -0.0463. The number of benzene rings is 1. The lowest BCUT2D eigenvalue weighted by atomic mass is 10.2. The Labute approximate surface area is 146 Å². The smallest absolute Gasteiger partial charge is 0.234 e. The average molecular weight is 358 g/mol. The number of nitrogens with zero attached hydrogens (tertiary/aromatic N) is 2. The Bertz CT molecular complexity index is 894. The van der Waals surface area contributed by atoms with Crippen molar-refractivity contribution >= 4 is 56.5 Å². The van der Waals surface area contributed by atoms with Gasteiger partial charge in [0, 0.05) is 18.3 Å². The van der Waals surface area contributed by atoms with Gasteiger partial charge in [-0.25, -0.2) is 9.97 Å². The average Bonchev–Trinajstić information content (AvgIpc) is 3.01. The molecule has 1 aromatic carbocycles. The van der Waals surface area contributed by atoms with Crippen LogP contribution < -0.4 is 10.6 Å². The standard InChI is InChI=1S/C16H14N4O2S2/c1-10(21)19-11-3-2-4-12(7-11)20-14(22)8-24-16-15-13(5-6-23-15)17-9-18-16/h2-7,9H,8H2,1H3,(H,19,21)(H,20,22). The molecule has 0 unspecified atom stereocenters. The largest absolute Gasteiger partial charge is 0.326 e. The monoisotopic (exact) mass is 358 g/mol. The van der Waals surface area contributed by atoms with Crippen LogP contribution in [-0.4, -0.2) is 27.5 Å². The molecule has 2 amide bonds. The lowest BCUT2D eigenvalue weighted by molar-refractivity contribution is -0.114. The van der Waals surface area contributed by atoms with Gasteiger partial charge in [-0.3, -0.25) is 9.59 Å². The number of hydrogen-bond donors (Lipinski definition) is 2. The number of fused-ring (bicyclic) bond motifs is 1. The van der Waals surface area contributed by atoms with Crippen LogP contribution in [0.2, 0.25) is 0 Å². The molecular formula is C16H14N4O2S2. The fraction of sp³-hybridized carbons (Fsp3) is 0.125. The minimum absolute atomic E-state index is 0.136. The van der Waals surface area contributed by atoms with Gasteiger partial charge in [0.05, 0.1) is 16.0 Å². The summed E-state index contributed by atoms with van der Waals surface area (Å²) in [6.07, 6.45) is 1.51. The first-order valence-corrected chi connectivity index (χ1v) is 8.97. The molecule has 3 rings (SSSR count). The van der Waals surface area contributed by atoms with E-state index in [-0.39, 0.29) is 17.6 Å². The molecule has 0 spiro atoms. The Kier molecular flexibility index (Phi) is 5.07. The predicted octanol–water partition coefficient (Wildman–Crippen LogP) is 3.38. The molecule has 0 bridgehead atoms. The van der Waals surface area contributed by atoms with Crippen molar-refractivity contribution in [2.24, 2.45) is 0 Å². The van der Waals surface area contributed by atoms with Crippen LogP contribution in [0.25, 0.3) is 10.2 Å². The van der Waals surface area contributed by atoms with Crippen molar-refractivity contribution in [2.75, 3.05) is 16.4 Å². The molecule has 0 aliphatic heterocycles. The molecule has 122 valence electrons. The van der Waals surface area contributed by atoms with Crippen molar-refractivity contribution in [3.63, 3.8) is 0 Å². The Morgan fingerprint density at radius 3 is 2.75 bits per heavy atom. The Morgan fingerprint density at radius 2 is 1.96 bits per heavy atom. The highest BCUT2D eigenvalue weighted by Crippen LogP contribution is 2.28. The van der Waals surface area contributed by atoms with Crippen LogP contribution in [0.1, 0.15) is 6.92 Å². The van der Waals surface area contributed by atoms with Crippen molar-refractivity contribution in [3.05, 3.63) is 42.0 Å². The summed E-state index contributed by atoms with van der Waals surface area (Å²) in [6.45, 7) is 1.44. The minimum atomic E-state index is -0.155. The zero-order valence-electron chi connectivity index (χ0n) is 12.8. The highest BCUT2D eigenvalue weighted by molar-refractivity contribution is 8.00. The van der Waals surface area contributed by atoms with E-state index in [1.165, 1.54) is 25.0 Å². The molecule has 0 atom stereocenters. The van der Waals surface area contributed by atoms with Gasteiger partial charge >= 0.3 is 0 Å². The first-order chi connectivity index (χ1) is 11.6. The maximum absolute atomic E-state index is 12.1. The second-order valence-electron chi connectivity index (χ2n) is 4.91. The van der Waals surface area contributed by atoms with Gasteiger partial charge in [-0.15, -0.1) is 11.3 Å². The van der Waals surface area contributed by atoms with Crippen molar-refractivity contribution in [1.82, 2.24) is 9.97 Å². The van der Waals surface area contributed by atoms with Crippen molar-refractivity contribution in [3.8, 4) is 0 Å². The Balaban J connectivity index is 1.62. The number of nitrogens with one attached hydrogen (secondary N) is 2. The second-order valence-corrected chi connectivity index (χ2v) is 6.79. The van der Waals surface area contributed by atoms with Gasteiger partial charge in [-0.05, 0) is 29.6 Å². The highest BCUT2D eigenvalue weighted by Gasteiger charge is 2.09. The summed E-state index contributed by atoms with van der Waals surface area (Å²) in [5, 5.41) is 8.26. The third kappa shape index (κ3) is 4.09. The summed E-state index contributed by atoms with van der Waals surface area (Å²) in [7, 11) is 0. The van der Waals surface area contributed by atoms with Gasteiger partial charge < -0.3 is 10.6 Å². The van der Waals surface area contributed by atoms with E-state index in [1.54, 1.807) is 35.6 Å². The number of thiophene rings is 1. The van der Waals surface area contributed by atoms with Crippen LogP contribution in [0.15, 0.2) is 47.1 Å². The van der Waals surface area contributed by atoms with Gasteiger partial charge in [0.15, 0.2) is 0 Å². The first-order valence-electron chi connectivity index (χ1n) is 7.10. The van der Waals surface area contributed by atoms with Crippen LogP contribution in [0.3, 0.4) is 0 Å². The molecule has 24 heavy (non-hydrogen) atoms. The zero-order chi connectivity index (χ0) is 16.9. The Hall–Kier alpha value is -2.45. The first kappa shape index (κ1) is 16.4. The normalized spacial score (nSPS) is 10.5. The third-order valence-electron chi connectivity index (χ3n) is 3.02. The van der Waals surface area contributed by atoms with Crippen LogP contribution >= 0.6 is 23.1 Å². The number of thioether (sulfide) groups is 1. The van der Waals surface area contributed by atoms with E-state index >= 15 is 0 Å². The Morgan fingerprint density at radius 1 is 1.17 bits per heavy atom. The zero-order valence-corrected chi connectivity index (χ0v) is 14.4. The van der Waals surface area contributed by atoms with Gasteiger partial charge in [-0.1, -0.05) is 17.8 Å². The topological polar surface area (TPSA) is 84.0 Å². The van der Waals surface area contributed by atoms with Crippen molar-refractivity contribution in [2.45, 2.75) is 11.9 Å². The molecule has 0 radical (unpaired) electrons. The number of rotatable bonds is 5. The van der Waals surface area contributed by atoms with Crippen molar-refractivity contribution < 1.29 is 9.59 Å². The molecule has 2 aromatic heterocycles. The van der Waals surface area contributed by atoms with Crippen LogP contribution in [0, 0.1) is 0 Å². The summed E-state index contributed by atoms with van der Waals surface area (Å²) in [6, 6.07) is 8.95. The summed E-state index contributed by atoms with van der Waals surface area (Å²) in [5.41, 5.74) is 2.17. The fourth-order valence-electron chi connectivity index (χ4n) is 2.08. The van der Waals surface area contributed by atoms with Crippen molar-refractivity contribution in [1.29, 1.82) is 0 Å². The van der Waals surface area contributed by atoms with E-state index in [1.807, 2.05) is 11.4 Å². The van der Waals surface area contributed by atoms with E-state index in [2.05, 4.69) is 20.6 Å². The highest BCUT2D eigenvalue weighted by atomic mass is 32.2. The third-order valence-corrected chi connectivity index (χ3v) is 5.05. The molecule has 0 aliphatic carbocycles. The molecule has 3 aromatic rings. The summed E-state index contributed by atoms with van der Waals surface area (Å²) >= 11 is 2.93. The number of carbonyl (C=O) groups is 2. The number of aromatic nitrogens is 2. The fourth-order valence-corrected chi connectivity index (χ4v) is 3.82. The van der Waals surface area contributed by atoms with Crippen LogP contribution in [-0.2, 0) is 9.59 Å². The molecule has 2 N–H and O–H groups in total. The maximum atomic E-state index is 12.1. The molecule has 0 saturated heterocycles. The van der Waals surface area contributed by atoms with Crippen LogP contribution in [0.4, 0.5) is 11.4 Å². The molecule has 2 heterocycles. The number of anilines is 2. The van der Waals surface area contributed by atoms with E-state index in [9.17, 15) is 9.59 Å². The predicted molar refractivity (Wildman–Crippen MR) is 97.5 cm³/mol. The maximum Gasteiger partial charge on any atom is 0.234 e.